The summed E-state index contributed by atoms with van der Waals surface area (Å²) < 4.78 is 5.27. The van der Waals surface area contributed by atoms with E-state index < -0.39 is 10.9 Å². The normalized spacial score (nSPS) is 13.4. The Bertz CT molecular complexity index is 1050. The van der Waals surface area contributed by atoms with Crippen molar-refractivity contribution in [1.29, 1.82) is 0 Å². The number of ether oxygens (including phenoxy) is 1. The molecule has 2 aromatic carbocycles. The van der Waals surface area contributed by atoms with Crippen LogP contribution in [0.3, 0.4) is 0 Å². The molecule has 0 unspecified atom stereocenters. The Labute approximate surface area is 201 Å². The molecule has 1 aliphatic heterocycles. The highest BCUT2D eigenvalue weighted by Crippen LogP contribution is 2.24. The highest BCUT2D eigenvalue weighted by atomic mass is 32.2. The summed E-state index contributed by atoms with van der Waals surface area (Å²) in [5, 5.41) is 10.8. The summed E-state index contributed by atoms with van der Waals surface area (Å²) in [6.45, 7) is 1.67. The average molecular weight is 487 g/mol. The van der Waals surface area contributed by atoms with Crippen LogP contribution >= 0.6 is 11.8 Å². The van der Waals surface area contributed by atoms with Crippen molar-refractivity contribution in [2.45, 2.75) is 4.90 Å². The van der Waals surface area contributed by atoms with Crippen LogP contribution in [-0.2, 0) is 14.3 Å². The molecule has 0 atom stereocenters. The number of non-ortho nitro benzene ring substituents is 1. The van der Waals surface area contributed by atoms with Crippen molar-refractivity contribution in [3.8, 4) is 0 Å². The SMILES string of the molecule is CN(C)C(=O)CSc1ccccc1C(=O)OCC(=O)N1CCN(c2ccc([N+](=O)[O-])cc2)CC1. The zero-order valence-corrected chi connectivity index (χ0v) is 19.8. The molecule has 0 spiro atoms. The molecule has 0 bridgehead atoms. The molecule has 11 heteroatoms. The van der Waals surface area contributed by atoms with Crippen molar-refractivity contribution in [3.05, 3.63) is 64.2 Å². The molecule has 2 aromatic rings. The third kappa shape index (κ3) is 6.47. The van der Waals surface area contributed by atoms with E-state index in [4.69, 9.17) is 4.74 Å². The molecule has 0 N–H and O–H groups in total. The van der Waals surface area contributed by atoms with Gasteiger partial charge in [0.2, 0.25) is 5.91 Å². The summed E-state index contributed by atoms with van der Waals surface area (Å²) >= 11 is 1.24. The predicted octanol–water partition coefficient (Wildman–Crippen LogP) is 2.28. The molecular formula is C23H26N4O6S. The van der Waals surface area contributed by atoms with E-state index in [1.807, 2.05) is 4.90 Å². The Morgan fingerprint density at radius 1 is 1.03 bits per heavy atom. The summed E-state index contributed by atoms with van der Waals surface area (Å²) in [6.07, 6.45) is 0. The number of carbonyl (C=O) groups excluding carboxylic acids is 3. The number of nitrogens with zero attached hydrogens (tertiary/aromatic N) is 4. The fraction of sp³-hybridized carbons (Fsp3) is 0.348. The maximum absolute atomic E-state index is 12.6. The van der Waals surface area contributed by atoms with E-state index in [1.165, 1.54) is 28.8 Å². The highest BCUT2D eigenvalue weighted by Gasteiger charge is 2.23. The van der Waals surface area contributed by atoms with Crippen LogP contribution in [0.1, 0.15) is 10.4 Å². The van der Waals surface area contributed by atoms with Crippen LogP contribution in [0.4, 0.5) is 11.4 Å². The minimum Gasteiger partial charge on any atom is -0.452 e. The number of benzene rings is 2. The Morgan fingerprint density at radius 2 is 1.68 bits per heavy atom. The number of piperazine rings is 1. The van der Waals surface area contributed by atoms with Crippen LogP contribution < -0.4 is 4.90 Å². The second-order valence-electron chi connectivity index (χ2n) is 7.79. The summed E-state index contributed by atoms with van der Waals surface area (Å²) in [6, 6.07) is 13.1. The van der Waals surface area contributed by atoms with E-state index in [2.05, 4.69) is 0 Å². The monoisotopic (exact) mass is 486 g/mol. The Morgan fingerprint density at radius 3 is 2.29 bits per heavy atom. The Balaban J connectivity index is 1.49. The van der Waals surface area contributed by atoms with Gasteiger partial charge in [0.15, 0.2) is 6.61 Å². The van der Waals surface area contributed by atoms with Gasteiger partial charge in [-0.2, -0.15) is 0 Å². The lowest BCUT2D eigenvalue weighted by atomic mass is 10.2. The number of amides is 2. The van der Waals surface area contributed by atoms with E-state index in [9.17, 15) is 24.5 Å². The first-order valence-corrected chi connectivity index (χ1v) is 11.6. The van der Waals surface area contributed by atoms with E-state index in [0.29, 0.717) is 36.6 Å². The lowest BCUT2D eigenvalue weighted by molar-refractivity contribution is -0.384. The molecule has 3 rings (SSSR count). The first-order valence-electron chi connectivity index (χ1n) is 10.6. The van der Waals surface area contributed by atoms with E-state index in [1.54, 1.807) is 55.4 Å². The van der Waals surface area contributed by atoms with Gasteiger partial charge < -0.3 is 19.4 Å². The molecular weight excluding hydrogens is 460 g/mol. The van der Waals surface area contributed by atoms with Gasteiger partial charge in [-0.05, 0) is 24.3 Å². The predicted molar refractivity (Wildman–Crippen MR) is 128 cm³/mol. The number of rotatable bonds is 8. The number of nitro benzene ring substituents is 1. The van der Waals surface area contributed by atoms with Gasteiger partial charge in [-0.25, -0.2) is 4.79 Å². The van der Waals surface area contributed by atoms with Crippen molar-refractivity contribution in [1.82, 2.24) is 9.80 Å². The van der Waals surface area contributed by atoms with E-state index >= 15 is 0 Å². The molecule has 2 amide bonds. The number of thioether (sulfide) groups is 1. The molecule has 0 aromatic heterocycles. The van der Waals surface area contributed by atoms with Gasteiger partial charge >= 0.3 is 5.97 Å². The second-order valence-corrected chi connectivity index (χ2v) is 8.81. The molecule has 1 fully saturated rings. The van der Waals surface area contributed by atoms with Gasteiger partial charge in [0.1, 0.15) is 0 Å². The van der Waals surface area contributed by atoms with Crippen molar-refractivity contribution >= 4 is 40.9 Å². The third-order valence-electron chi connectivity index (χ3n) is 5.34. The minimum atomic E-state index is -0.613. The first kappa shape index (κ1) is 25.0. The van der Waals surface area contributed by atoms with E-state index in [0.717, 1.165) is 5.69 Å². The van der Waals surface area contributed by atoms with Crippen molar-refractivity contribution in [3.63, 3.8) is 0 Å². The molecule has 34 heavy (non-hydrogen) atoms. The summed E-state index contributed by atoms with van der Waals surface area (Å²) in [7, 11) is 3.33. The van der Waals surface area contributed by atoms with Gasteiger partial charge in [-0.1, -0.05) is 12.1 Å². The maximum Gasteiger partial charge on any atom is 0.339 e. The average Bonchev–Trinajstić information content (AvgIpc) is 2.85. The van der Waals surface area contributed by atoms with Gasteiger partial charge in [0.05, 0.1) is 16.2 Å². The van der Waals surface area contributed by atoms with Crippen LogP contribution in [0.2, 0.25) is 0 Å². The quantitative estimate of drug-likeness (QED) is 0.242. The van der Waals surface area contributed by atoms with Gasteiger partial charge in [-0.3, -0.25) is 19.7 Å². The van der Waals surface area contributed by atoms with Gasteiger partial charge in [-0.15, -0.1) is 11.8 Å². The molecule has 0 saturated carbocycles. The van der Waals surface area contributed by atoms with E-state index in [-0.39, 0.29) is 29.9 Å². The summed E-state index contributed by atoms with van der Waals surface area (Å²) in [5.41, 5.74) is 1.20. The fourth-order valence-corrected chi connectivity index (χ4v) is 4.34. The Hall–Kier alpha value is -3.60. The maximum atomic E-state index is 12.6. The number of carbonyl (C=O) groups is 3. The topological polar surface area (TPSA) is 113 Å². The van der Waals surface area contributed by atoms with Gasteiger partial charge in [0.25, 0.3) is 11.6 Å². The summed E-state index contributed by atoms with van der Waals surface area (Å²) in [4.78, 5) is 53.1. The Kier molecular flexibility index (Phi) is 8.47. The largest absolute Gasteiger partial charge is 0.452 e. The number of nitro groups is 1. The number of hydrogen-bond acceptors (Lipinski definition) is 8. The third-order valence-corrected chi connectivity index (χ3v) is 6.40. The highest BCUT2D eigenvalue weighted by molar-refractivity contribution is 8.00. The van der Waals surface area contributed by atoms with Crippen molar-refractivity contribution < 1.29 is 24.0 Å². The zero-order chi connectivity index (χ0) is 24.7. The van der Waals surface area contributed by atoms with Crippen molar-refractivity contribution in [2.75, 3.05) is 57.5 Å². The summed E-state index contributed by atoms with van der Waals surface area (Å²) in [5.74, 6) is -0.783. The van der Waals surface area contributed by atoms with Crippen molar-refractivity contribution in [2.24, 2.45) is 0 Å². The van der Waals surface area contributed by atoms with Gasteiger partial charge in [0, 0.05) is 63.0 Å². The standard InChI is InChI=1S/C23H26N4O6S/c1-24(2)22(29)16-34-20-6-4-3-5-19(20)23(30)33-15-21(28)26-13-11-25(12-14-26)17-7-9-18(10-8-17)27(31)32/h3-10H,11-16H2,1-2H3. The zero-order valence-electron chi connectivity index (χ0n) is 19.0. The molecule has 0 aliphatic carbocycles. The molecule has 180 valence electrons. The van der Waals surface area contributed by atoms with Crippen LogP contribution in [0.25, 0.3) is 0 Å². The number of hydrogen-bond donors (Lipinski definition) is 0. The molecule has 1 aliphatic rings. The van der Waals surface area contributed by atoms with Crippen LogP contribution in [-0.4, -0.2) is 85.1 Å². The molecule has 0 radical (unpaired) electrons. The lowest BCUT2D eigenvalue weighted by Gasteiger charge is -2.36. The van der Waals surface area contributed by atoms with Crippen LogP contribution in [0, 0.1) is 10.1 Å². The molecule has 1 heterocycles. The molecule has 1 saturated heterocycles. The fourth-order valence-electron chi connectivity index (χ4n) is 3.33. The first-order chi connectivity index (χ1) is 16.3. The number of esters is 1. The van der Waals surface area contributed by atoms with Crippen LogP contribution in [0.5, 0.6) is 0 Å². The minimum absolute atomic E-state index is 0.0312. The lowest BCUT2D eigenvalue weighted by Crippen LogP contribution is -2.49. The number of anilines is 1. The smallest absolute Gasteiger partial charge is 0.339 e. The van der Waals surface area contributed by atoms with Crippen LogP contribution in [0.15, 0.2) is 53.4 Å². The molecule has 10 nitrogen and oxygen atoms in total. The second kappa shape index (κ2) is 11.5.